The molecule has 0 saturated carbocycles. The molecule has 1 rings (SSSR count). The number of hydrogen-bond donors (Lipinski definition) is 0. The zero-order valence-corrected chi connectivity index (χ0v) is 9.66. The van der Waals surface area contributed by atoms with Gasteiger partial charge in [0, 0.05) is 5.56 Å². The van der Waals surface area contributed by atoms with Crippen LogP contribution in [0.1, 0.15) is 17.6 Å². The summed E-state index contributed by atoms with van der Waals surface area (Å²) in [5.74, 6) is 0. The van der Waals surface area contributed by atoms with Crippen LogP contribution in [-0.4, -0.2) is 4.98 Å². The SMILES string of the molecule is FC(F)c1cc(I)nc(Cl)c1C(F)(F)F. The second-order valence-corrected chi connectivity index (χ2v) is 3.96. The molecule has 0 aliphatic rings. The average molecular weight is 357 g/mol. The minimum absolute atomic E-state index is 0.0131. The summed E-state index contributed by atoms with van der Waals surface area (Å²) >= 11 is 6.71. The Morgan fingerprint density at radius 2 is 1.87 bits per heavy atom. The number of halogens is 7. The molecule has 1 aromatic rings. The highest BCUT2D eigenvalue weighted by molar-refractivity contribution is 14.1. The minimum atomic E-state index is -4.93. The number of aromatic nitrogens is 1. The fourth-order valence-electron chi connectivity index (χ4n) is 0.954. The third-order valence-corrected chi connectivity index (χ3v) is 2.32. The van der Waals surface area contributed by atoms with Crippen LogP contribution in [-0.2, 0) is 6.18 Å². The van der Waals surface area contributed by atoms with E-state index in [0.717, 1.165) is 0 Å². The predicted molar refractivity (Wildman–Crippen MR) is 51.9 cm³/mol. The molecule has 1 nitrogen and oxygen atoms in total. The van der Waals surface area contributed by atoms with Crippen LogP contribution in [0.25, 0.3) is 0 Å². The van der Waals surface area contributed by atoms with Gasteiger partial charge in [0.15, 0.2) is 0 Å². The van der Waals surface area contributed by atoms with Gasteiger partial charge in [-0.25, -0.2) is 13.8 Å². The van der Waals surface area contributed by atoms with Gasteiger partial charge in [-0.3, -0.25) is 0 Å². The van der Waals surface area contributed by atoms with Crippen molar-refractivity contribution in [2.45, 2.75) is 12.6 Å². The van der Waals surface area contributed by atoms with Crippen LogP contribution in [0.5, 0.6) is 0 Å². The molecule has 15 heavy (non-hydrogen) atoms. The molecule has 0 bridgehead atoms. The van der Waals surface area contributed by atoms with Gasteiger partial charge in [-0.15, -0.1) is 0 Å². The van der Waals surface area contributed by atoms with Crippen molar-refractivity contribution >= 4 is 34.2 Å². The third kappa shape index (κ3) is 2.90. The number of alkyl halides is 5. The van der Waals surface area contributed by atoms with Gasteiger partial charge in [-0.2, -0.15) is 13.2 Å². The standard InChI is InChI=1S/C7H2ClF5IN/c8-5-4(7(11,12)13)2(6(9)10)1-3(14)15-5/h1,6H. The fraction of sp³-hybridized carbons (Fsp3) is 0.286. The average Bonchev–Trinajstić information content (AvgIpc) is 1.99. The molecule has 8 heteroatoms. The van der Waals surface area contributed by atoms with Crippen molar-refractivity contribution in [2.75, 3.05) is 0 Å². The number of rotatable bonds is 1. The molecule has 0 saturated heterocycles. The Kier molecular flexibility index (Phi) is 3.75. The molecular formula is C7H2ClF5IN. The van der Waals surface area contributed by atoms with Crippen LogP contribution in [0.4, 0.5) is 22.0 Å². The predicted octanol–water partition coefficient (Wildman–Crippen LogP) is 4.30. The monoisotopic (exact) mass is 357 g/mol. The molecule has 0 spiro atoms. The van der Waals surface area contributed by atoms with Crippen LogP contribution in [0, 0.1) is 3.70 Å². The van der Waals surface area contributed by atoms with Crippen molar-refractivity contribution in [2.24, 2.45) is 0 Å². The quantitative estimate of drug-likeness (QED) is 0.415. The summed E-state index contributed by atoms with van der Waals surface area (Å²) in [4.78, 5) is 3.28. The van der Waals surface area contributed by atoms with Crippen molar-refractivity contribution in [3.8, 4) is 0 Å². The summed E-state index contributed by atoms with van der Waals surface area (Å²) in [5.41, 5.74) is -2.72. The Labute approximate surface area is 99.8 Å². The maximum atomic E-state index is 12.3. The lowest BCUT2D eigenvalue weighted by Crippen LogP contribution is -2.12. The van der Waals surface area contributed by atoms with Gasteiger partial charge < -0.3 is 0 Å². The molecule has 0 aromatic carbocycles. The van der Waals surface area contributed by atoms with Crippen LogP contribution >= 0.6 is 34.2 Å². The number of pyridine rings is 1. The molecule has 0 aliphatic heterocycles. The van der Waals surface area contributed by atoms with E-state index in [9.17, 15) is 22.0 Å². The van der Waals surface area contributed by atoms with Crippen molar-refractivity contribution < 1.29 is 22.0 Å². The Balaban J connectivity index is 3.48. The second-order valence-electron chi connectivity index (χ2n) is 2.50. The topological polar surface area (TPSA) is 12.9 Å². The Morgan fingerprint density at radius 3 is 2.27 bits per heavy atom. The lowest BCUT2D eigenvalue weighted by atomic mass is 10.1. The van der Waals surface area contributed by atoms with Gasteiger partial charge in [-0.05, 0) is 28.7 Å². The second kappa shape index (κ2) is 4.36. The molecular weight excluding hydrogens is 355 g/mol. The highest BCUT2D eigenvalue weighted by Gasteiger charge is 2.39. The molecule has 0 atom stereocenters. The third-order valence-electron chi connectivity index (χ3n) is 1.49. The lowest BCUT2D eigenvalue weighted by molar-refractivity contribution is -0.139. The van der Waals surface area contributed by atoms with Gasteiger partial charge in [0.25, 0.3) is 6.43 Å². The van der Waals surface area contributed by atoms with Crippen LogP contribution < -0.4 is 0 Å². The summed E-state index contributed by atoms with van der Waals surface area (Å²) in [6.07, 6.45) is -8.17. The first kappa shape index (κ1) is 12.9. The van der Waals surface area contributed by atoms with Gasteiger partial charge in [-0.1, -0.05) is 11.6 Å². The zero-order chi connectivity index (χ0) is 11.8. The molecule has 0 fully saturated rings. The van der Waals surface area contributed by atoms with E-state index in [0.29, 0.717) is 6.07 Å². The van der Waals surface area contributed by atoms with Gasteiger partial charge in [0.05, 0.1) is 0 Å². The normalized spacial score (nSPS) is 12.3. The van der Waals surface area contributed by atoms with E-state index >= 15 is 0 Å². The van der Waals surface area contributed by atoms with Gasteiger partial charge >= 0.3 is 6.18 Å². The largest absolute Gasteiger partial charge is 0.419 e. The molecule has 1 aromatic heterocycles. The number of nitrogens with zero attached hydrogens (tertiary/aromatic N) is 1. The summed E-state index contributed by atoms with van der Waals surface area (Å²) in [6, 6.07) is 0.667. The maximum absolute atomic E-state index is 12.3. The molecule has 0 unspecified atom stereocenters. The number of hydrogen-bond acceptors (Lipinski definition) is 1. The van der Waals surface area contributed by atoms with E-state index in [1.165, 1.54) is 22.6 Å². The molecule has 0 radical (unpaired) electrons. The zero-order valence-electron chi connectivity index (χ0n) is 6.75. The van der Waals surface area contributed by atoms with Crippen LogP contribution in [0.2, 0.25) is 5.15 Å². The van der Waals surface area contributed by atoms with Gasteiger partial charge in [0.1, 0.15) is 14.4 Å². The molecule has 0 N–H and O–H groups in total. The van der Waals surface area contributed by atoms with Crippen molar-refractivity contribution in [3.63, 3.8) is 0 Å². The van der Waals surface area contributed by atoms with Crippen molar-refractivity contribution in [3.05, 3.63) is 26.0 Å². The molecule has 0 aliphatic carbocycles. The van der Waals surface area contributed by atoms with Crippen LogP contribution in [0.15, 0.2) is 6.07 Å². The Hall–Kier alpha value is -0.180. The van der Waals surface area contributed by atoms with Crippen LogP contribution in [0.3, 0.4) is 0 Å². The summed E-state index contributed by atoms with van der Waals surface area (Å²) < 4.78 is 61.7. The Bertz CT molecular complexity index is 378. The van der Waals surface area contributed by atoms with Crippen molar-refractivity contribution in [1.29, 1.82) is 0 Å². The smallest absolute Gasteiger partial charge is 0.230 e. The minimum Gasteiger partial charge on any atom is -0.230 e. The highest BCUT2D eigenvalue weighted by atomic mass is 127. The van der Waals surface area contributed by atoms with E-state index in [1.54, 1.807) is 0 Å². The van der Waals surface area contributed by atoms with E-state index in [2.05, 4.69) is 4.98 Å². The lowest BCUT2D eigenvalue weighted by Gasteiger charge is -2.13. The van der Waals surface area contributed by atoms with E-state index in [1.807, 2.05) is 0 Å². The molecule has 84 valence electrons. The maximum Gasteiger partial charge on any atom is 0.419 e. The first-order valence-corrected chi connectivity index (χ1v) is 4.90. The van der Waals surface area contributed by atoms with Crippen molar-refractivity contribution in [1.82, 2.24) is 4.98 Å². The first-order chi connectivity index (χ1) is 6.73. The first-order valence-electron chi connectivity index (χ1n) is 3.44. The summed E-state index contributed by atoms with van der Waals surface area (Å²) in [7, 11) is 0. The summed E-state index contributed by atoms with van der Waals surface area (Å²) in [5, 5.41) is -0.954. The van der Waals surface area contributed by atoms with E-state index in [-0.39, 0.29) is 3.70 Å². The van der Waals surface area contributed by atoms with E-state index < -0.39 is 28.9 Å². The fourth-order valence-corrected chi connectivity index (χ4v) is 1.98. The highest BCUT2D eigenvalue weighted by Crippen LogP contribution is 2.40. The molecule has 0 amide bonds. The molecule has 1 heterocycles. The Morgan fingerprint density at radius 1 is 1.33 bits per heavy atom. The van der Waals surface area contributed by atoms with E-state index in [4.69, 9.17) is 11.6 Å². The summed E-state index contributed by atoms with van der Waals surface area (Å²) in [6.45, 7) is 0. The van der Waals surface area contributed by atoms with Gasteiger partial charge in [0.2, 0.25) is 0 Å².